The molecule has 1 aliphatic heterocycles. The number of likely N-dealkylation sites (tertiary alicyclic amines) is 1. The fraction of sp³-hybridized carbons (Fsp3) is 0.900. The number of ether oxygens (including phenoxy) is 2. The third-order valence-electron chi connectivity index (χ3n) is 2.31. The molecule has 0 aromatic rings. The number of hydrogen-bond acceptors (Lipinski definition) is 3. The van der Waals surface area contributed by atoms with Crippen molar-refractivity contribution in [2.45, 2.75) is 26.7 Å². The molecular formula is C10H22NO3+. The predicted molar refractivity (Wildman–Crippen MR) is 54.9 cm³/mol. The van der Waals surface area contributed by atoms with Gasteiger partial charge in [-0.2, -0.15) is 0 Å². The highest BCUT2D eigenvalue weighted by Gasteiger charge is 2.28. The van der Waals surface area contributed by atoms with Gasteiger partial charge in [-0.25, -0.2) is 4.79 Å². The number of hydrogen-bond donors (Lipinski definition) is 0. The van der Waals surface area contributed by atoms with E-state index in [0.29, 0.717) is 6.73 Å². The molecule has 0 saturated carbocycles. The van der Waals surface area contributed by atoms with Crippen LogP contribution in [0, 0.1) is 0 Å². The average molecular weight is 204 g/mol. The maximum atomic E-state index is 10.7. The van der Waals surface area contributed by atoms with Gasteiger partial charge >= 0.3 is 6.16 Å². The summed E-state index contributed by atoms with van der Waals surface area (Å²) in [5.74, 6) is 0. The van der Waals surface area contributed by atoms with Gasteiger partial charge in [0.2, 0.25) is 6.73 Å². The lowest BCUT2D eigenvalue weighted by atomic mass is 10.4. The van der Waals surface area contributed by atoms with Crippen LogP contribution in [0.2, 0.25) is 0 Å². The van der Waals surface area contributed by atoms with Crippen molar-refractivity contribution < 1.29 is 18.8 Å². The Bertz CT molecular complexity index is 165. The number of methoxy groups -OCH3 is 1. The molecule has 1 rings (SSSR count). The number of carbonyl (C=O) groups excluding carboxylic acids is 1. The molecule has 4 nitrogen and oxygen atoms in total. The van der Waals surface area contributed by atoms with Crippen LogP contribution in [0.3, 0.4) is 0 Å². The standard InChI is InChI=1S/C8H16NO3.C2H6/c1-9(5-3-4-6-9)7-12-8(10)11-2;1-2/h3-7H2,1-2H3;1-2H3/q+1;. The first-order valence-electron chi connectivity index (χ1n) is 5.21. The van der Waals surface area contributed by atoms with Crippen LogP contribution in [-0.2, 0) is 9.47 Å². The highest BCUT2D eigenvalue weighted by molar-refractivity contribution is 5.59. The van der Waals surface area contributed by atoms with Crippen molar-refractivity contribution in [2.24, 2.45) is 0 Å². The van der Waals surface area contributed by atoms with Gasteiger partial charge in [-0.05, 0) is 0 Å². The van der Waals surface area contributed by atoms with E-state index in [9.17, 15) is 4.79 Å². The summed E-state index contributed by atoms with van der Waals surface area (Å²) in [5, 5.41) is 0. The number of quaternary nitrogens is 1. The van der Waals surface area contributed by atoms with Crippen molar-refractivity contribution >= 4 is 6.16 Å². The minimum Gasteiger partial charge on any atom is -0.437 e. The van der Waals surface area contributed by atoms with E-state index in [1.54, 1.807) is 0 Å². The molecule has 0 unspecified atom stereocenters. The van der Waals surface area contributed by atoms with E-state index in [0.717, 1.165) is 17.6 Å². The first-order chi connectivity index (χ1) is 6.66. The lowest BCUT2D eigenvalue weighted by molar-refractivity contribution is -0.914. The molecule has 1 aliphatic rings. The van der Waals surface area contributed by atoms with Crippen LogP contribution < -0.4 is 0 Å². The van der Waals surface area contributed by atoms with Crippen LogP contribution in [0.15, 0.2) is 0 Å². The Morgan fingerprint density at radius 3 is 2.21 bits per heavy atom. The van der Waals surface area contributed by atoms with Crippen LogP contribution in [0.5, 0.6) is 0 Å². The number of nitrogens with zero attached hydrogens (tertiary/aromatic N) is 1. The Kier molecular flexibility index (Phi) is 6.28. The molecule has 0 aliphatic carbocycles. The highest BCUT2D eigenvalue weighted by atomic mass is 16.7. The molecule has 0 amide bonds. The maximum Gasteiger partial charge on any atom is 0.512 e. The van der Waals surface area contributed by atoms with Gasteiger partial charge in [0.1, 0.15) is 0 Å². The van der Waals surface area contributed by atoms with Crippen LogP contribution >= 0.6 is 0 Å². The molecule has 0 spiro atoms. The van der Waals surface area contributed by atoms with E-state index in [-0.39, 0.29) is 0 Å². The summed E-state index contributed by atoms with van der Waals surface area (Å²) < 4.78 is 10.1. The zero-order valence-corrected chi connectivity index (χ0v) is 9.71. The number of rotatable bonds is 2. The minimum atomic E-state index is -0.582. The van der Waals surface area contributed by atoms with Crippen molar-refractivity contribution in [3.8, 4) is 0 Å². The summed E-state index contributed by atoms with van der Waals surface area (Å²) in [5.41, 5.74) is 0. The van der Waals surface area contributed by atoms with Crippen LogP contribution in [-0.4, -0.2) is 44.6 Å². The van der Waals surface area contributed by atoms with Crippen molar-refractivity contribution in [3.05, 3.63) is 0 Å². The van der Waals surface area contributed by atoms with Crippen molar-refractivity contribution in [3.63, 3.8) is 0 Å². The Morgan fingerprint density at radius 2 is 1.79 bits per heavy atom. The molecule has 0 aromatic carbocycles. The van der Waals surface area contributed by atoms with Gasteiger partial charge in [-0.1, -0.05) is 13.8 Å². The molecule has 1 heterocycles. The largest absolute Gasteiger partial charge is 0.512 e. The summed E-state index contributed by atoms with van der Waals surface area (Å²) >= 11 is 0. The third-order valence-corrected chi connectivity index (χ3v) is 2.31. The smallest absolute Gasteiger partial charge is 0.437 e. The molecule has 0 aromatic heterocycles. The Labute approximate surface area is 86.4 Å². The number of carbonyl (C=O) groups is 1. The summed E-state index contributed by atoms with van der Waals surface area (Å²) in [6.45, 7) is 6.63. The van der Waals surface area contributed by atoms with Gasteiger partial charge in [0.05, 0.1) is 27.2 Å². The second-order valence-electron chi connectivity index (χ2n) is 3.50. The van der Waals surface area contributed by atoms with E-state index >= 15 is 0 Å². The van der Waals surface area contributed by atoms with E-state index in [4.69, 9.17) is 4.74 Å². The van der Waals surface area contributed by atoms with Gasteiger partial charge < -0.3 is 9.47 Å². The topological polar surface area (TPSA) is 35.5 Å². The molecule has 84 valence electrons. The zero-order chi connectivity index (χ0) is 11.0. The fourth-order valence-electron chi connectivity index (χ4n) is 1.50. The molecular weight excluding hydrogens is 182 g/mol. The average Bonchev–Trinajstić information content (AvgIpc) is 2.65. The Morgan fingerprint density at radius 1 is 1.29 bits per heavy atom. The molecule has 0 bridgehead atoms. The van der Waals surface area contributed by atoms with Crippen LogP contribution in [0.4, 0.5) is 4.79 Å². The van der Waals surface area contributed by atoms with E-state index in [1.807, 2.05) is 13.8 Å². The molecule has 14 heavy (non-hydrogen) atoms. The van der Waals surface area contributed by atoms with Gasteiger partial charge in [-0.15, -0.1) is 0 Å². The molecule has 1 fully saturated rings. The lowest BCUT2D eigenvalue weighted by Gasteiger charge is -2.27. The third kappa shape index (κ3) is 4.46. The fourth-order valence-corrected chi connectivity index (χ4v) is 1.50. The van der Waals surface area contributed by atoms with Gasteiger partial charge in [0, 0.05) is 12.8 Å². The first-order valence-corrected chi connectivity index (χ1v) is 5.21. The summed E-state index contributed by atoms with van der Waals surface area (Å²) in [6, 6.07) is 0. The van der Waals surface area contributed by atoms with Gasteiger partial charge in [-0.3, -0.25) is 4.48 Å². The van der Waals surface area contributed by atoms with Gasteiger partial charge in [0.15, 0.2) is 0 Å². The normalized spacial score (nSPS) is 18.0. The minimum absolute atomic E-state index is 0.437. The molecule has 0 N–H and O–H groups in total. The van der Waals surface area contributed by atoms with Crippen LogP contribution in [0.25, 0.3) is 0 Å². The first kappa shape index (κ1) is 13.2. The molecule has 0 atom stereocenters. The maximum absolute atomic E-state index is 10.7. The van der Waals surface area contributed by atoms with E-state index < -0.39 is 6.16 Å². The molecule has 1 saturated heterocycles. The predicted octanol–water partition coefficient (Wildman–Crippen LogP) is 1.99. The summed E-state index contributed by atoms with van der Waals surface area (Å²) in [4.78, 5) is 10.7. The van der Waals surface area contributed by atoms with Crippen molar-refractivity contribution in [2.75, 3.05) is 34.0 Å². The van der Waals surface area contributed by atoms with Crippen molar-refractivity contribution in [1.29, 1.82) is 0 Å². The highest BCUT2D eigenvalue weighted by Crippen LogP contribution is 2.15. The Balaban J connectivity index is 0.000000791. The zero-order valence-electron chi connectivity index (χ0n) is 9.71. The monoisotopic (exact) mass is 204 g/mol. The summed E-state index contributed by atoms with van der Waals surface area (Å²) in [6.07, 6.45) is 1.86. The second-order valence-corrected chi connectivity index (χ2v) is 3.50. The quantitative estimate of drug-likeness (QED) is 0.510. The van der Waals surface area contributed by atoms with Gasteiger partial charge in [0.25, 0.3) is 0 Å². The lowest BCUT2D eigenvalue weighted by Crippen LogP contribution is -2.43. The SMILES string of the molecule is CC.COC(=O)OC[N+]1(C)CCCC1. The van der Waals surface area contributed by atoms with Crippen molar-refractivity contribution in [1.82, 2.24) is 0 Å². The Hall–Kier alpha value is -0.770. The van der Waals surface area contributed by atoms with Crippen LogP contribution in [0.1, 0.15) is 26.7 Å². The summed E-state index contributed by atoms with van der Waals surface area (Å²) in [7, 11) is 3.42. The van der Waals surface area contributed by atoms with E-state index in [1.165, 1.54) is 20.0 Å². The molecule has 4 heteroatoms. The molecule has 0 radical (unpaired) electrons. The second kappa shape index (κ2) is 6.65. The van der Waals surface area contributed by atoms with E-state index in [2.05, 4.69) is 11.8 Å².